The van der Waals surface area contributed by atoms with Crippen LogP contribution in [0.25, 0.3) is 0 Å². The Morgan fingerprint density at radius 2 is 2.00 bits per heavy atom. The van der Waals surface area contributed by atoms with Crippen LogP contribution in [-0.4, -0.2) is 6.29 Å². The van der Waals surface area contributed by atoms with Gasteiger partial charge >= 0.3 is 0 Å². The third-order valence-electron chi connectivity index (χ3n) is 1.38. The van der Waals surface area contributed by atoms with Gasteiger partial charge in [0.15, 0.2) is 0 Å². The lowest BCUT2D eigenvalue weighted by molar-refractivity contribution is 0.564. The van der Waals surface area contributed by atoms with Gasteiger partial charge in [-0.05, 0) is 18.1 Å². The van der Waals surface area contributed by atoms with Crippen molar-refractivity contribution in [3.8, 4) is 0 Å². The summed E-state index contributed by atoms with van der Waals surface area (Å²) in [6.45, 7) is 0. The molecule has 0 aliphatic rings. The zero-order chi connectivity index (χ0) is 7.94. The summed E-state index contributed by atoms with van der Waals surface area (Å²) >= 11 is 0. The number of benzene rings is 1. The average Bonchev–Trinajstić information content (AvgIpc) is 2.07. The highest BCUT2D eigenvalue weighted by molar-refractivity contribution is 5.65. The van der Waals surface area contributed by atoms with Gasteiger partial charge < -0.3 is 0 Å². The number of rotatable bonds is 3. The molecule has 1 radical (unpaired) electrons. The van der Waals surface area contributed by atoms with Crippen LogP contribution in [0.5, 0.6) is 0 Å². The van der Waals surface area contributed by atoms with E-state index in [9.17, 15) is 4.79 Å². The van der Waals surface area contributed by atoms with Gasteiger partial charge in [0.2, 0.25) is 6.29 Å². The Kier molecular flexibility index (Phi) is 3.13. The lowest BCUT2D eigenvalue weighted by Gasteiger charge is -1.91. The van der Waals surface area contributed by atoms with Gasteiger partial charge in [-0.15, -0.1) is 0 Å². The van der Waals surface area contributed by atoms with Crippen LogP contribution < -0.4 is 0 Å². The summed E-state index contributed by atoms with van der Waals surface area (Å²) < 4.78 is 0. The maximum atomic E-state index is 9.78. The van der Waals surface area contributed by atoms with E-state index in [1.165, 1.54) is 11.6 Å². The van der Waals surface area contributed by atoms with Crippen molar-refractivity contribution in [3.63, 3.8) is 0 Å². The van der Waals surface area contributed by atoms with Gasteiger partial charge in [-0.3, -0.25) is 4.79 Å². The largest absolute Gasteiger partial charge is 0.286 e. The lowest BCUT2D eigenvalue weighted by Crippen LogP contribution is -1.77. The smallest absolute Gasteiger partial charge is 0.225 e. The van der Waals surface area contributed by atoms with Crippen molar-refractivity contribution in [2.24, 2.45) is 0 Å². The SMILES string of the molecule is O=[C]/C=C\Cc1ccccc1. The monoisotopic (exact) mass is 145 g/mol. The lowest BCUT2D eigenvalue weighted by atomic mass is 10.1. The van der Waals surface area contributed by atoms with E-state index in [2.05, 4.69) is 0 Å². The molecule has 0 bridgehead atoms. The Labute approximate surface area is 66.4 Å². The molecule has 1 nitrogen and oxygen atoms in total. The molecule has 1 aromatic rings. The first-order valence-electron chi connectivity index (χ1n) is 3.50. The molecule has 0 atom stereocenters. The maximum Gasteiger partial charge on any atom is 0.225 e. The van der Waals surface area contributed by atoms with Gasteiger partial charge in [-0.25, -0.2) is 0 Å². The minimum Gasteiger partial charge on any atom is -0.286 e. The molecule has 0 saturated heterocycles. The van der Waals surface area contributed by atoms with E-state index in [-0.39, 0.29) is 0 Å². The third-order valence-corrected chi connectivity index (χ3v) is 1.38. The molecule has 0 heterocycles. The van der Waals surface area contributed by atoms with Gasteiger partial charge in [0, 0.05) is 0 Å². The molecule has 0 amide bonds. The summed E-state index contributed by atoms with van der Waals surface area (Å²) in [5.74, 6) is 0. The quantitative estimate of drug-likeness (QED) is 0.593. The normalized spacial score (nSPS) is 10.2. The number of allylic oxidation sites excluding steroid dienone is 2. The highest BCUT2D eigenvalue weighted by Crippen LogP contribution is 1.99. The summed E-state index contributed by atoms with van der Waals surface area (Å²) in [5.41, 5.74) is 1.21. The Hall–Kier alpha value is -1.37. The second-order valence-corrected chi connectivity index (χ2v) is 2.21. The fourth-order valence-electron chi connectivity index (χ4n) is 0.857. The first-order chi connectivity index (χ1) is 5.43. The Morgan fingerprint density at radius 1 is 1.27 bits per heavy atom. The molecule has 0 saturated carbocycles. The van der Waals surface area contributed by atoms with Crippen LogP contribution in [0.2, 0.25) is 0 Å². The standard InChI is InChI=1S/C10H9O/c11-9-5-4-8-10-6-2-1-3-7-10/h1-7H,8H2/b5-4-. The second-order valence-electron chi connectivity index (χ2n) is 2.21. The number of hydrogen-bond acceptors (Lipinski definition) is 1. The molecule has 0 fully saturated rings. The van der Waals surface area contributed by atoms with Crippen LogP contribution in [0.15, 0.2) is 42.5 Å². The predicted molar refractivity (Wildman–Crippen MR) is 45.0 cm³/mol. The van der Waals surface area contributed by atoms with E-state index in [0.717, 1.165) is 6.42 Å². The zero-order valence-electron chi connectivity index (χ0n) is 6.16. The maximum absolute atomic E-state index is 9.78. The van der Waals surface area contributed by atoms with Crippen LogP contribution in [-0.2, 0) is 11.2 Å². The summed E-state index contributed by atoms with van der Waals surface area (Å²) in [6.07, 6.45) is 5.70. The Morgan fingerprint density at radius 3 is 2.64 bits per heavy atom. The molecule has 0 aliphatic heterocycles. The van der Waals surface area contributed by atoms with Crippen molar-refractivity contribution in [2.75, 3.05) is 0 Å². The summed E-state index contributed by atoms with van der Waals surface area (Å²) in [4.78, 5) is 9.78. The summed E-state index contributed by atoms with van der Waals surface area (Å²) in [6, 6.07) is 9.98. The van der Waals surface area contributed by atoms with Crippen LogP contribution in [0, 0.1) is 0 Å². The van der Waals surface area contributed by atoms with E-state index in [1.807, 2.05) is 30.3 Å². The molecule has 0 unspecified atom stereocenters. The van der Waals surface area contributed by atoms with Crippen molar-refractivity contribution >= 4 is 6.29 Å². The summed E-state index contributed by atoms with van der Waals surface area (Å²) in [5, 5.41) is 0. The molecule has 1 rings (SSSR count). The van der Waals surface area contributed by atoms with E-state index in [0.29, 0.717) is 0 Å². The van der Waals surface area contributed by atoms with Crippen molar-refractivity contribution in [3.05, 3.63) is 48.0 Å². The zero-order valence-corrected chi connectivity index (χ0v) is 6.16. The highest BCUT2D eigenvalue weighted by Gasteiger charge is 1.84. The van der Waals surface area contributed by atoms with E-state index in [4.69, 9.17) is 0 Å². The first kappa shape index (κ1) is 7.73. The van der Waals surface area contributed by atoms with Gasteiger partial charge in [0.1, 0.15) is 0 Å². The molecule has 0 aromatic heterocycles. The number of hydrogen-bond donors (Lipinski definition) is 0. The van der Waals surface area contributed by atoms with E-state index < -0.39 is 0 Å². The van der Waals surface area contributed by atoms with Gasteiger partial charge in [0.25, 0.3) is 0 Å². The van der Waals surface area contributed by atoms with Crippen molar-refractivity contribution in [2.45, 2.75) is 6.42 Å². The highest BCUT2D eigenvalue weighted by atomic mass is 16.1. The topological polar surface area (TPSA) is 17.1 Å². The predicted octanol–water partition coefficient (Wildman–Crippen LogP) is 1.90. The minimum atomic E-state index is 0.802. The molecule has 1 heteroatoms. The van der Waals surface area contributed by atoms with Crippen LogP contribution in [0.3, 0.4) is 0 Å². The Balaban J connectivity index is 2.51. The van der Waals surface area contributed by atoms with E-state index in [1.54, 1.807) is 12.4 Å². The molecule has 11 heavy (non-hydrogen) atoms. The van der Waals surface area contributed by atoms with Gasteiger partial charge in [-0.2, -0.15) is 0 Å². The minimum absolute atomic E-state index is 0.802. The molecule has 0 spiro atoms. The first-order valence-corrected chi connectivity index (χ1v) is 3.50. The Bertz CT molecular complexity index is 236. The van der Waals surface area contributed by atoms with Crippen LogP contribution in [0.4, 0.5) is 0 Å². The molecular weight excluding hydrogens is 136 g/mol. The van der Waals surface area contributed by atoms with Crippen LogP contribution in [0.1, 0.15) is 5.56 Å². The van der Waals surface area contributed by atoms with Gasteiger partial charge in [-0.1, -0.05) is 36.4 Å². The van der Waals surface area contributed by atoms with Gasteiger partial charge in [0.05, 0.1) is 0 Å². The molecule has 0 aliphatic carbocycles. The number of carbonyl (C=O) groups excluding carboxylic acids is 1. The fraction of sp³-hybridized carbons (Fsp3) is 0.100. The summed E-state index contributed by atoms with van der Waals surface area (Å²) in [7, 11) is 0. The van der Waals surface area contributed by atoms with Crippen molar-refractivity contribution in [1.29, 1.82) is 0 Å². The molecule has 0 N–H and O–H groups in total. The fourth-order valence-corrected chi connectivity index (χ4v) is 0.857. The molecule has 55 valence electrons. The average molecular weight is 145 g/mol. The third kappa shape index (κ3) is 2.80. The van der Waals surface area contributed by atoms with E-state index >= 15 is 0 Å². The second kappa shape index (κ2) is 4.45. The van der Waals surface area contributed by atoms with Crippen molar-refractivity contribution < 1.29 is 4.79 Å². The molecular formula is C10H9O. The molecule has 1 aromatic carbocycles. The van der Waals surface area contributed by atoms with Crippen molar-refractivity contribution in [1.82, 2.24) is 0 Å². The van der Waals surface area contributed by atoms with Crippen LogP contribution >= 0.6 is 0 Å².